The summed E-state index contributed by atoms with van der Waals surface area (Å²) in [6, 6.07) is 0.284. The minimum absolute atomic E-state index is 0.284. The highest BCUT2D eigenvalue weighted by molar-refractivity contribution is 5.12. The molecule has 2 heterocycles. The maximum absolute atomic E-state index is 4.39. The second kappa shape index (κ2) is 6.07. The SMILES string of the molecule is Cc1nccnc1C(C)NCCN1CCCC1. The quantitative estimate of drug-likeness (QED) is 0.839. The van der Waals surface area contributed by atoms with E-state index < -0.39 is 0 Å². The summed E-state index contributed by atoms with van der Waals surface area (Å²) in [5.74, 6) is 0. The van der Waals surface area contributed by atoms with Gasteiger partial charge >= 0.3 is 0 Å². The molecule has 0 bridgehead atoms. The first-order chi connectivity index (χ1) is 8.27. The molecule has 1 aromatic rings. The number of aromatic nitrogens is 2. The number of likely N-dealkylation sites (tertiary alicyclic amines) is 1. The van der Waals surface area contributed by atoms with E-state index in [1.54, 1.807) is 12.4 Å². The molecule has 1 aliphatic heterocycles. The van der Waals surface area contributed by atoms with Gasteiger partial charge in [0.2, 0.25) is 0 Å². The third kappa shape index (κ3) is 3.48. The third-order valence-electron chi connectivity index (χ3n) is 3.41. The van der Waals surface area contributed by atoms with Crippen molar-refractivity contribution in [2.45, 2.75) is 32.7 Å². The molecule has 0 spiro atoms. The first kappa shape index (κ1) is 12.5. The standard InChI is InChI=1S/C13H22N4/c1-11-13(16-6-5-14-11)12(2)15-7-10-17-8-3-4-9-17/h5-6,12,15H,3-4,7-10H2,1-2H3. The summed E-state index contributed by atoms with van der Waals surface area (Å²) in [5.41, 5.74) is 2.09. The molecule has 1 saturated heterocycles. The predicted molar refractivity (Wildman–Crippen MR) is 68.9 cm³/mol. The third-order valence-corrected chi connectivity index (χ3v) is 3.41. The second-order valence-corrected chi connectivity index (χ2v) is 4.75. The molecule has 1 unspecified atom stereocenters. The normalized spacial score (nSPS) is 18.5. The first-order valence-electron chi connectivity index (χ1n) is 6.50. The summed E-state index contributed by atoms with van der Waals surface area (Å²) >= 11 is 0. The number of aryl methyl sites for hydroxylation is 1. The fourth-order valence-electron chi connectivity index (χ4n) is 2.39. The lowest BCUT2D eigenvalue weighted by molar-refractivity contribution is 0.329. The zero-order valence-electron chi connectivity index (χ0n) is 10.8. The molecular formula is C13H22N4. The highest BCUT2D eigenvalue weighted by Gasteiger charge is 2.13. The zero-order chi connectivity index (χ0) is 12.1. The van der Waals surface area contributed by atoms with E-state index in [9.17, 15) is 0 Å². The van der Waals surface area contributed by atoms with Gasteiger partial charge in [0.05, 0.1) is 11.4 Å². The summed E-state index contributed by atoms with van der Waals surface area (Å²) < 4.78 is 0. The van der Waals surface area contributed by atoms with Crippen LogP contribution in [0.15, 0.2) is 12.4 Å². The highest BCUT2D eigenvalue weighted by atomic mass is 15.2. The average molecular weight is 234 g/mol. The van der Waals surface area contributed by atoms with Crippen molar-refractivity contribution >= 4 is 0 Å². The zero-order valence-corrected chi connectivity index (χ0v) is 10.8. The van der Waals surface area contributed by atoms with Crippen LogP contribution in [0.5, 0.6) is 0 Å². The van der Waals surface area contributed by atoms with E-state index in [0.29, 0.717) is 0 Å². The molecule has 1 N–H and O–H groups in total. The molecule has 17 heavy (non-hydrogen) atoms. The van der Waals surface area contributed by atoms with Gasteiger partial charge in [0.15, 0.2) is 0 Å². The van der Waals surface area contributed by atoms with Crippen LogP contribution in [0.4, 0.5) is 0 Å². The Morgan fingerprint density at radius 2 is 2.00 bits per heavy atom. The van der Waals surface area contributed by atoms with Crippen molar-refractivity contribution in [3.8, 4) is 0 Å². The fourth-order valence-corrected chi connectivity index (χ4v) is 2.39. The van der Waals surface area contributed by atoms with Crippen LogP contribution >= 0.6 is 0 Å². The van der Waals surface area contributed by atoms with Crippen molar-refractivity contribution in [2.24, 2.45) is 0 Å². The Morgan fingerprint density at radius 3 is 2.71 bits per heavy atom. The number of nitrogens with zero attached hydrogens (tertiary/aromatic N) is 3. The number of rotatable bonds is 5. The molecule has 0 saturated carbocycles. The monoisotopic (exact) mass is 234 g/mol. The van der Waals surface area contributed by atoms with Gasteiger partial charge in [-0.3, -0.25) is 9.97 Å². The van der Waals surface area contributed by atoms with Crippen LogP contribution in [0.2, 0.25) is 0 Å². The van der Waals surface area contributed by atoms with Gasteiger partial charge in [-0.25, -0.2) is 0 Å². The fraction of sp³-hybridized carbons (Fsp3) is 0.692. The lowest BCUT2D eigenvalue weighted by atomic mass is 10.2. The van der Waals surface area contributed by atoms with Crippen LogP contribution in [-0.4, -0.2) is 41.0 Å². The molecule has 1 atom stereocenters. The maximum atomic E-state index is 4.39. The Kier molecular flexibility index (Phi) is 4.45. The summed E-state index contributed by atoms with van der Waals surface area (Å²) in [7, 11) is 0. The summed E-state index contributed by atoms with van der Waals surface area (Å²) in [6.45, 7) is 8.86. The Morgan fingerprint density at radius 1 is 1.29 bits per heavy atom. The highest BCUT2D eigenvalue weighted by Crippen LogP contribution is 2.11. The van der Waals surface area contributed by atoms with Gasteiger partial charge in [-0.2, -0.15) is 0 Å². The molecule has 4 nitrogen and oxygen atoms in total. The van der Waals surface area contributed by atoms with E-state index in [4.69, 9.17) is 0 Å². The van der Waals surface area contributed by atoms with Gasteiger partial charge in [0.25, 0.3) is 0 Å². The van der Waals surface area contributed by atoms with Crippen molar-refractivity contribution in [3.63, 3.8) is 0 Å². The van der Waals surface area contributed by atoms with Gasteiger partial charge in [-0.05, 0) is 39.8 Å². The van der Waals surface area contributed by atoms with E-state index in [2.05, 4.69) is 27.1 Å². The van der Waals surface area contributed by atoms with E-state index in [1.165, 1.54) is 25.9 Å². The van der Waals surface area contributed by atoms with Crippen molar-refractivity contribution in [1.82, 2.24) is 20.2 Å². The second-order valence-electron chi connectivity index (χ2n) is 4.75. The van der Waals surface area contributed by atoms with Crippen LogP contribution in [-0.2, 0) is 0 Å². The topological polar surface area (TPSA) is 41.1 Å². The van der Waals surface area contributed by atoms with Gasteiger partial charge in [-0.15, -0.1) is 0 Å². The number of hydrogen-bond acceptors (Lipinski definition) is 4. The Bertz CT molecular complexity index is 347. The van der Waals surface area contributed by atoms with Crippen molar-refractivity contribution in [3.05, 3.63) is 23.8 Å². The largest absolute Gasteiger partial charge is 0.308 e. The molecule has 0 aromatic carbocycles. The number of nitrogens with one attached hydrogen (secondary N) is 1. The maximum Gasteiger partial charge on any atom is 0.0782 e. The van der Waals surface area contributed by atoms with Gasteiger partial charge in [-0.1, -0.05) is 0 Å². The van der Waals surface area contributed by atoms with E-state index in [-0.39, 0.29) is 6.04 Å². The van der Waals surface area contributed by atoms with Crippen molar-refractivity contribution in [1.29, 1.82) is 0 Å². The molecule has 2 rings (SSSR count). The van der Waals surface area contributed by atoms with Gasteiger partial charge in [0, 0.05) is 31.5 Å². The minimum atomic E-state index is 0.284. The lowest BCUT2D eigenvalue weighted by Crippen LogP contribution is -2.31. The van der Waals surface area contributed by atoms with Crippen LogP contribution in [0.3, 0.4) is 0 Å². The average Bonchev–Trinajstić information content (AvgIpc) is 2.82. The molecule has 0 aliphatic carbocycles. The van der Waals surface area contributed by atoms with E-state index in [0.717, 1.165) is 24.5 Å². The Hall–Kier alpha value is -1.00. The lowest BCUT2D eigenvalue weighted by Gasteiger charge is -2.18. The Labute approximate surface area is 103 Å². The minimum Gasteiger partial charge on any atom is -0.308 e. The molecule has 0 radical (unpaired) electrons. The van der Waals surface area contributed by atoms with Crippen molar-refractivity contribution in [2.75, 3.05) is 26.2 Å². The molecule has 1 fully saturated rings. The Balaban J connectivity index is 1.77. The molecule has 1 aromatic heterocycles. The van der Waals surface area contributed by atoms with E-state index in [1.807, 2.05) is 6.92 Å². The molecule has 1 aliphatic rings. The predicted octanol–water partition coefficient (Wildman–Crippen LogP) is 1.53. The van der Waals surface area contributed by atoms with Gasteiger partial charge < -0.3 is 10.2 Å². The van der Waals surface area contributed by atoms with Crippen LogP contribution in [0.1, 0.15) is 37.2 Å². The van der Waals surface area contributed by atoms with Crippen LogP contribution in [0.25, 0.3) is 0 Å². The smallest absolute Gasteiger partial charge is 0.0782 e. The molecule has 0 amide bonds. The molecular weight excluding hydrogens is 212 g/mol. The summed E-state index contributed by atoms with van der Waals surface area (Å²) in [6.07, 6.45) is 6.23. The summed E-state index contributed by atoms with van der Waals surface area (Å²) in [4.78, 5) is 11.2. The first-order valence-corrected chi connectivity index (χ1v) is 6.50. The summed E-state index contributed by atoms with van der Waals surface area (Å²) in [5, 5.41) is 3.52. The van der Waals surface area contributed by atoms with Crippen molar-refractivity contribution < 1.29 is 0 Å². The van der Waals surface area contributed by atoms with Crippen LogP contribution in [0, 0.1) is 6.92 Å². The number of hydrogen-bond donors (Lipinski definition) is 1. The van der Waals surface area contributed by atoms with Gasteiger partial charge in [0.1, 0.15) is 0 Å². The van der Waals surface area contributed by atoms with Crippen LogP contribution < -0.4 is 5.32 Å². The molecule has 4 heteroatoms. The molecule has 94 valence electrons. The van der Waals surface area contributed by atoms with E-state index >= 15 is 0 Å².